The summed E-state index contributed by atoms with van der Waals surface area (Å²) in [5.41, 5.74) is 0. The molecular formula is C13H22N2O2. The zero-order valence-corrected chi connectivity index (χ0v) is 10.7. The van der Waals surface area contributed by atoms with Gasteiger partial charge in [0.05, 0.1) is 25.0 Å². The van der Waals surface area contributed by atoms with Crippen LogP contribution in [-0.4, -0.2) is 44.3 Å². The maximum absolute atomic E-state index is 5.73. The van der Waals surface area contributed by atoms with E-state index < -0.39 is 0 Å². The van der Waals surface area contributed by atoms with E-state index in [4.69, 9.17) is 9.15 Å². The lowest BCUT2D eigenvalue weighted by Crippen LogP contribution is -2.47. The standard InChI is InChI=1S/C13H22N2O2/c1-3-12(13-5-4-7-17-13)15-6-8-16-11(10-15)9-14-2/h4-5,7,11-12,14H,3,6,8-10H2,1-2H3. The number of nitrogens with one attached hydrogen (secondary N) is 1. The highest BCUT2D eigenvalue weighted by Crippen LogP contribution is 2.26. The predicted octanol–water partition coefficient (Wildman–Crippen LogP) is 1.65. The third kappa shape index (κ3) is 3.09. The van der Waals surface area contributed by atoms with E-state index in [0.29, 0.717) is 6.04 Å². The first-order chi connectivity index (χ1) is 8.35. The maximum atomic E-state index is 5.73. The zero-order chi connectivity index (χ0) is 12.1. The van der Waals surface area contributed by atoms with Gasteiger partial charge < -0.3 is 14.5 Å². The van der Waals surface area contributed by atoms with Crippen molar-refractivity contribution >= 4 is 0 Å². The Bertz CT molecular complexity index is 311. The van der Waals surface area contributed by atoms with Crippen LogP contribution in [0.3, 0.4) is 0 Å². The number of morpholine rings is 1. The van der Waals surface area contributed by atoms with E-state index in [2.05, 4.69) is 23.2 Å². The van der Waals surface area contributed by atoms with Crippen molar-refractivity contribution in [2.75, 3.05) is 33.3 Å². The monoisotopic (exact) mass is 238 g/mol. The zero-order valence-electron chi connectivity index (χ0n) is 10.7. The second kappa shape index (κ2) is 6.19. The molecule has 2 atom stereocenters. The van der Waals surface area contributed by atoms with Crippen molar-refractivity contribution in [1.82, 2.24) is 10.2 Å². The van der Waals surface area contributed by atoms with Crippen LogP contribution in [0.4, 0.5) is 0 Å². The molecule has 1 N–H and O–H groups in total. The normalized spacial score (nSPS) is 23.8. The van der Waals surface area contributed by atoms with E-state index in [-0.39, 0.29) is 6.10 Å². The van der Waals surface area contributed by atoms with Crippen LogP contribution < -0.4 is 5.32 Å². The van der Waals surface area contributed by atoms with Gasteiger partial charge in [-0.1, -0.05) is 6.92 Å². The first kappa shape index (κ1) is 12.6. The van der Waals surface area contributed by atoms with Crippen LogP contribution in [0.5, 0.6) is 0 Å². The van der Waals surface area contributed by atoms with Gasteiger partial charge in [0.1, 0.15) is 5.76 Å². The van der Waals surface area contributed by atoms with Crippen molar-refractivity contribution < 1.29 is 9.15 Å². The summed E-state index contributed by atoms with van der Waals surface area (Å²) >= 11 is 0. The summed E-state index contributed by atoms with van der Waals surface area (Å²) in [7, 11) is 1.96. The van der Waals surface area contributed by atoms with Crippen LogP contribution in [0.25, 0.3) is 0 Å². The highest BCUT2D eigenvalue weighted by atomic mass is 16.5. The van der Waals surface area contributed by atoms with Crippen molar-refractivity contribution in [2.45, 2.75) is 25.5 Å². The van der Waals surface area contributed by atoms with Gasteiger partial charge in [-0.25, -0.2) is 0 Å². The van der Waals surface area contributed by atoms with Crippen molar-refractivity contribution in [2.24, 2.45) is 0 Å². The van der Waals surface area contributed by atoms with E-state index in [9.17, 15) is 0 Å². The van der Waals surface area contributed by atoms with Crippen LogP contribution in [0.15, 0.2) is 22.8 Å². The van der Waals surface area contributed by atoms with Gasteiger partial charge in [0.25, 0.3) is 0 Å². The van der Waals surface area contributed by atoms with E-state index in [1.807, 2.05) is 13.1 Å². The highest BCUT2D eigenvalue weighted by molar-refractivity contribution is 5.05. The van der Waals surface area contributed by atoms with E-state index in [1.54, 1.807) is 6.26 Å². The number of furan rings is 1. The second-order valence-electron chi connectivity index (χ2n) is 4.48. The quantitative estimate of drug-likeness (QED) is 0.846. The van der Waals surface area contributed by atoms with E-state index in [0.717, 1.165) is 38.4 Å². The molecule has 1 saturated heterocycles. The minimum absolute atomic E-state index is 0.290. The SMILES string of the molecule is CCC(c1ccco1)N1CCOC(CNC)C1. The smallest absolute Gasteiger partial charge is 0.120 e. The number of likely N-dealkylation sites (N-methyl/N-ethyl adjacent to an activating group) is 1. The van der Waals surface area contributed by atoms with E-state index >= 15 is 0 Å². The Hall–Kier alpha value is -0.840. The molecular weight excluding hydrogens is 216 g/mol. The number of hydrogen-bond acceptors (Lipinski definition) is 4. The molecule has 96 valence electrons. The molecule has 2 rings (SSSR count). The van der Waals surface area contributed by atoms with Gasteiger partial charge >= 0.3 is 0 Å². The molecule has 1 aliphatic heterocycles. The summed E-state index contributed by atoms with van der Waals surface area (Å²) in [6.45, 7) is 5.88. The maximum Gasteiger partial charge on any atom is 0.120 e. The molecule has 2 heterocycles. The lowest BCUT2D eigenvalue weighted by atomic mass is 10.1. The van der Waals surface area contributed by atoms with Crippen LogP contribution in [0.1, 0.15) is 25.1 Å². The first-order valence-corrected chi connectivity index (χ1v) is 6.38. The van der Waals surface area contributed by atoms with Gasteiger partial charge in [-0.15, -0.1) is 0 Å². The third-order valence-corrected chi connectivity index (χ3v) is 3.30. The second-order valence-corrected chi connectivity index (χ2v) is 4.48. The van der Waals surface area contributed by atoms with Crippen molar-refractivity contribution in [3.63, 3.8) is 0 Å². The summed E-state index contributed by atoms with van der Waals surface area (Å²) in [5, 5.41) is 3.17. The van der Waals surface area contributed by atoms with Gasteiger partial charge in [-0.05, 0) is 25.6 Å². The Balaban J connectivity index is 1.99. The van der Waals surface area contributed by atoms with Crippen LogP contribution >= 0.6 is 0 Å². The van der Waals surface area contributed by atoms with Crippen LogP contribution in [0, 0.1) is 0 Å². The topological polar surface area (TPSA) is 37.6 Å². The summed E-state index contributed by atoms with van der Waals surface area (Å²) in [6, 6.07) is 4.41. The molecule has 0 aliphatic carbocycles. The minimum atomic E-state index is 0.290. The fourth-order valence-corrected chi connectivity index (χ4v) is 2.50. The summed E-state index contributed by atoms with van der Waals surface area (Å²) in [5.74, 6) is 1.07. The summed E-state index contributed by atoms with van der Waals surface area (Å²) < 4.78 is 11.3. The molecule has 0 radical (unpaired) electrons. The van der Waals surface area contributed by atoms with Gasteiger partial charge in [0.15, 0.2) is 0 Å². The fraction of sp³-hybridized carbons (Fsp3) is 0.692. The van der Waals surface area contributed by atoms with Gasteiger partial charge in [0, 0.05) is 19.6 Å². The highest BCUT2D eigenvalue weighted by Gasteiger charge is 2.27. The van der Waals surface area contributed by atoms with E-state index in [1.165, 1.54) is 0 Å². The molecule has 4 nitrogen and oxygen atoms in total. The number of nitrogens with zero attached hydrogens (tertiary/aromatic N) is 1. The molecule has 17 heavy (non-hydrogen) atoms. The average molecular weight is 238 g/mol. The van der Waals surface area contributed by atoms with Crippen LogP contribution in [-0.2, 0) is 4.74 Å². The molecule has 4 heteroatoms. The molecule has 0 saturated carbocycles. The lowest BCUT2D eigenvalue weighted by molar-refractivity contribution is -0.0451. The summed E-state index contributed by atoms with van der Waals surface area (Å²) in [6.07, 6.45) is 3.11. The molecule has 0 bridgehead atoms. The first-order valence-electron chi connectivity index (χ1n) is 6.38. The largest absolute Gasteiger partial charge is 0.468 e. The molecule has 0 aromatic carbocycles. The fourth-order valence-electron chi connectivity index (χ4n) is 2.50. The molecule has 2 unspecified atom stereocenters. The van der Waals surface area contributed by atoms with Crippen LogP contribution in [0.2, 0.25) is 0 Å². The number of hydrogen-bond donors (Lipinski definition) is 1. The predicted molar refractivity (Wildman–Crippen MR) is 67.0 cm³/mol. The molecule has 1 aliphatic rings. The molecule has 0 spiro atoms. The molecule has 1 aromatic heterocycles. The molecule has 1 aromatic rings. The third-order valence-electron chi connectivity index (χ3n) is 3.30. The van der Waals surface area contributed by atoms with Crippen molar-refractivity contribution in [3.05, 3.63) is 24.2 Å². The van der Waals surface area contributed by atoms with Crippen molar-refractivity contribution in [3.8, 4) is 0 Å². The van der Waals surface area contributed by atoms with Gasteiger partial charge in [-0.3, -0.25) is 4.90 Å². The Morgan fingerprint density at radius 3 is 3.12 bits per heavy atom. The van der Waals surface area contributed by atoms with Crippen molar-refractivity contribution in [1.29, 1.82) is 0 Å². The average Bonchev–Trinajstić information content (AvgIpc) is 2.85. The number of rotatable bonds is 5. The molecule has 0 amide bonds. The van der Waals surface area contributed by atoms with Gasteiger partial charge in [0.2, 0.25) is 0 Å². The molecule has 1 fully saturated rings. The Morgan fingerprint density at radius 1 is 1.59 bits per heavy atom. The Morgan fingerprint density at radius 2 is 2.47 bits per heavy atom. The van der Waals surface area contributed by atoms with Gasteiger partial charge in [-0.2, -0.15) is 0 Å². The number of ether oxygens (including phenoxy) is 1. The summed E-state index contributed by atoms with van der Waals surface area (Å²) in [4.78, 5) is 2.46. The lowest BCUT2D eigenvalue weighted by Gasteiger charge is -2.37. The minimum Gasteiger partial charge on any atom is -0.468 e. The Kier molecular flexibility index (Phi) is 4.59. The Labute approximate surface area is 103 Å².